The second kappa shape index (κ2) is 6.93. The molecule has 2 saturated heterocycles. The molecule has 13 atom stereocenters. The molecule has 31 heavy (non-hydrogen) atoms. The second-order valence-corrected chi connectivity index (χ2v) is 13.2. The van der Waals surface area contributed by atoms with E-state index in [0.29, 0.717) is 46.8 Å². The number of hydrogen-bond donors (Lipinski definition) is 2. The Morgan fingerprint density at radius 1 is 0.839 bits per heavy atom. The maximum Gasteiger partial charge on any atom is 0.171 e. The molecule has 2 N–H and O–H groups in total. The molecule has 0 radical (unpaired) electrons. The first-order valence-electron chi connectivity index (χ1n) is 13.4. The van der Waals surface area contributed by atoms with Crippen molar-refractivity contribution >= 4 is 0 Å². The summed E-state index contributed by atoms with van der Waals surface area (Å²) in [5, 5.41) is 22.1. The average Bonchev–Trinajstić information content (AvgIpc) is 3.14. The van der Waals surface area contributed by atoms with Crippen LogP contribution in [0.1, 0.15) is 85.5 Å². The lowest BCUT2D eigenvalue weighted by atomic mass is 9.44. The summed E-state index contributed by atoms with van der Waals surface area (Å²) in [7, 11) is 0. The van der Waals surface area contributed by atoms with Crippen LogP contribution in [0.2, 0.25) is 0 Å². The van der Waals surface area contributed by atoms with Gasteiger partial charge in [-0.05, 0) is 91.8 Å². The van der Waals surface area contributed by atoms with Crippen molar-refractivity contribution in [2.24, 2.45) is 52.3 Å². The summed E-state index contributed by atoms with van der Waals surface area (Å²) in [4.78, 5) is 0. The molecule has 0 aromatic heterocycles. The summed E-state index contributed by atoms with van der Waals surface area (Å²) in [5.41, 5.74) is 0.495. The molecule has 0 aromatic rings. The first kappa shape index (κ1) is 21.4. The van der Waals surface area contributed by atoms with E-state index in [1.807, 2.05) is 0 Å². The first-order chi connectivity index (χ1) is 14.7. The van der Waals surface area contributed by atoms with Crippen molar-refractivity contribution in [2.75, 3.05) is 6.61 Å². The lowest BCUT2D eigenvalue weighted by molar-refractivity contribution is -0.282. The quantitative estimate of drug-likeness (QED) is 0.579. The molecule has 4 saturated carbocycles. The molecule has 4 heteroatoms. The highest BCUT2D eigenvalue weighted by Gasteiger charge is 2.72. The molecule has 6 rings (SSSR count). The normalized spacial score (nSPS) is 63.3. The zero-order valence-electron chi connectivity index (χ0n) is 20.1. The molecule has 6 aliphatic rings. The van der Waals surface area contributed by atoms with Crippen LogP contribution in [0.15, 0.2) is 0 Å². The molecule has 4 aliphatic carbocycles. The summed E-state index contributed by atoms with van der Waals surface area (Å²) >= 11 is 0. The minimum atomic E-state index is -0.462. The van der Waals surface area contributed by atoms with Crippen LogP contribution in [0, 0.1) is 52.3 Å². The number of rotatable bonds is 0. The third-order valence-electron chi connectivity index (χ3n) is 11.9. The largest absolute Gasteiger partial charge is 0.393 e. The number of aliphatic hydroxyl groups excluding tert-OH is 2. The van der Waals surface area contributed by atoms with Gasteiger partial charge in [-0.25, -0.2) is 0 Å². The van der Waals surface area contributed by atoms with E-state index in [0.717, 1.165) is 38.7 Å². The van der Waals surface area contributed by atoms with Crippen LogP contribution in [0.5, 0.6) is 0 Å². The van der Waals surface area contributed by atoms with E-state index < -0.39 is 5.79 Å². The summed E-state index contributed by atoms with van der Waals surface area (Å²) in [6, 6.07) is 0. The average molecular weight is 433 g/mol. The molecule has 176 valence electrons. The molecule has 2 aliphatic heterocycles. The Kier molecular flexibility index (Phi) is 4.78. The molecule has 1 spiro atoms. The Hall–Kier alpha value is -0.160. The van der Waals surface area contributed by atoms with Crippen molar-refractivity contribution < 1.29 is 19.7 Å². The molecule has 0 amide bonds. The van der Waals surface area contributed by atoms with Crippen molar-refractivity contribution in [1.82, 2.24) is 0 Å². The van der Waals surface area contributed by atoms with Gasteiger partial charge in [0.1, 0.15) is 0 Å². The van der Waals surface area contributed by atoms with Crippen molar-refractivity contribution in [3.05, 3.63) is 0 Å². The van der Waals surface area contributed by atoms with Gasteiger partial charge in [-0.2, -0.15) is 0 Å². The Morgan fingerprint density at radius 2 is 1.61 bits per heavy atom. The maximum absolute atomic E-state index is 11.8. The standard InChI is InChI=1S/C27H44O4/c1-15-7-12-27(30-14-15)16(2)21-24(31-27)23(29)22-19-6-5-17-13-18(28)8-10-25(17,3)20(19)9-11-26(21,22)4/h15-24,28-29H,5-14H2,1-4H3. The zero-order chi connectivity index (χ0) is 21.8. The Labute approximate surface area is 188 Å². The topological polar surface area (TPSA) is 58.9 Å². The van der Waals surface area contributed by atoms with Gasteiger partial charge in [0.05, 0.1) is 24.9 Å². The van der Waals surface area contributed by atoms with Crippen LogP contribution >= 0.6 is 0 Å². The molecule has 6 fully saturated rings. The van der Waals surface area contributed by atoms with E-state index in [1.54, 1.807) is 0 Å². The van der Waals surface area contributed by atoms with Gasteiger partial charge < -0.3 is 19.7 Å². The SMILES string of the molecule is CC1CCC2(OC1)OC1C(O)C3C4CCC5CC(O)CCC5(C)C4CCC3(C)C1C2C. The van der Waals surface area contributed by atoms with Crippen LogP contribution in [0.4, 0.5) is 0 Å². The van der Waals surface area contributed by atoms with E-state index in [1.165, 1.54) is 25.7 Å². The predicted octanol–water partition coefficient (Wildman–Crippen LogP) is 4.76. The number of ether oxygens (including phenoxy) is 2. The van der Waals surface area contributed by atoms with Crippen LogP contribution < -0.4 is 0 Å². The van der Waals surface area contributed by atoms with E-state index in [-0.39, 0.29) is 23.7 Å². The van der Waals surface area contributed by atoms with Crippen molar-refractivity contribution in [1.29, 1.82) is 0 Å². The number of fused-ring (bicyclic) bond motifs is 7. The van der Waals surface area contributed by atoms with Gasteiger partial charge in [-0.15, -0.1) is 0 Å². The second-order valence-electron chi connectivity index (χ2n) is 13.2. The minimum absolute atomic E-state index is 0.0594. The summed E-state index contributed by atoms with van der Waals surface area (Å²) in [6.45, 7) is 10.4. The van der Waals surface area contributed by atoms with Crippen LogP contribution in [0.25, 0.3) is 0 Å². The molecule has 0 bridgehead atoms. The highest BCUT2D eigenvalue weighted by Crippen LogP contribution is 2.71. The lowest BCUT2D eigenvalue weighted by Gasteiger charge is -2.61. The van der Waals surface area contributed by atoms with E-state index in [2.05, 4.69) is 27.7 Å². The highest BCUT2D eigenvalue weighted by atomic mass is 16.7. The fourth-order valence-electron chi connectivity index (χ4n) is 10.3. The Bertz CT molecular complexity index is 716. The first-order valence-corrected chi connectivity index (χ1v) is 13.4. The van der Waals surface area contributed by atoms with Gasteiger partial charge in [-0.3, -0.25) is 0 Å². The maximum atomic E-state index is 11.8. The fraction of sp³-hybridized carbons (Fsp3) is 1.00. The molecular formula is C27H44O4. The van der Waals surface area contributed by atoms with Gasteiger partial charge in [0.15, 0.2) is 5.79 Å². The Morgan fingerprint density at radius 3 is 2.35 bits per heavy atom. The van der Waals surface area contributed by atoms with Crippen LogP contribution in [-0.4, -0.2) is 40.9 Å². The third kappa shape index (κ3) is 2.74. The molecule has 13 unspecified atom stereocenters. The van der Waals surface area contributed by atoms with Crippen LogP contribution in [0.3, 0.4) is 0 Å². The number of hydrogen-bond acceptors (Lipinski definition) is 4. The van der Waals surface area contributed by atoms with Crippen molar-refractivity contribution in [3.8, 4) is 0 Å². The van der Waals surface area contributed by atoms with Gasteiger partial charge in [-0.1, -0.05) is 27.7 Å². The van der Waals surface area contributed by atoms with E-state index in [4.69, 9.17) is 9.47 Å². The lowest BCUT2D eigenvalue weighted by Crippen LogP contribution is -2.56. The third-order valence-corrected chi connectivity index (χ3v) is 11.9. The smallest absolute Gasteiger partial charge is 0.171 e. The highest BCUT2D eigenvalue weighted by molar-refractivity contribution is 5.18. The molecule has 0 aromatic carbocycles. The summed E-state index contributed by atoms with van der Waals surface area (Å²) < 4.78 is 13.2. The zero-order valence-corrected chi connectivity index (χ0v) is 20.1. The van der Waals surface area contributed by atoms with E-state index in [9.17, 15) is 10.2 Å². The fourth-order valence-corrected chi connectivity index (χ4v) is 10.3. The van der Waals surface area contributed by atoms with Gasteiger partial charge >= 0.3 is 0 Å². The molecule has 2 heterocycles. The van der Waals surface area contributed by atoms with E-state index >= 15 is 0 Å². The van der Waals surface area contributed by atoms with Crippen LogP contribution in [-0.2, 0) is 9.47 Å². The van der Waals surface area contributed by atoms with Gasteiger partial charge in [0.2, 0.25) is 0 Å². The summed E-state index contributed by atoms with van der Waals surface area (Å²) in [5.74, 6) is 3.22. The molecular weight excluding hydrogens is 388 g/mol. The van der Waals surface area contributed by atoms with Crippen molar-refractivity contribution in [2.45, 2.75) is 110 Å². The monoisotopic (exact) mass is 432 g/mol. The molecule has 4 nitrogen and oxygen atoms in total. The minimum Gasteiger partial charge on any atom is -0.393 e. The predicted molar refractivity (Wildman–Crippen MR) is 119 cm³/mol. The number of aliphatic hydroxyl groups is 2. The van der Waals surface area contributed by atoms with Gasteiger partial charge in [0.25, 0.3) is 0 Å². The summed E-state index contributed by atoms with van der Waals surface area (Å²) in [6.07, 6.45) is 9.69. The Balaban J connectivity index is 1.30. The van der Waals surface area contributed by atoms with Crippen molar-refractivity contribution in [3.63, 3.8) is 0 Å². The van der Waals surface area contributed by atoms with Gasteiger partial charge in [0, 0.05) is 18.3 Å².